The highest BCUT2D eigenvalue weighted by Crippen LogP contribution is 2.29. The summed E-state index contributed by atoms with van der Waals surface area (Å²) < 4.78 is 2.44. The van der Waals surface area contributed by atoms with Crippen molar-refractivity contribution in [2.75, 3.05) is 0 Å². The maximum atomic E-state index is 4.24. The predicted molar refractivity (Wildman–Crippen MR) is 62.8 cm³/mol. The highest BCUT2D eigenvalue weighted by molar-refractivity contribution is 14.1. The SMILES string of the molecule is Ic1sc(I)c2nccnc12. The van der Waals surface area contributed by atoms with Crippen LogP contribution >= 0.6 is 56.5 Å². The topological polar surface area (TPSA) is 25.8 Å². The van der Waals surface area contributed by atoms with E-state index in [-0.39, 0.29) is 0 Å². The van der Waals surface area contributed by atoms with Gasteiger partial charge >= 0.3 is 0 Å². The van der Waals surface area contributed by atoms with Gasteiger partial charge in [0.05, 0.1) is 5.77 Å². The van der Waals surface area contributed by atoms with Gasteiger partial charge in [0, 0.05) is 12.4 Å². The van der Waals surface area contributed by atoms with Gasteiger partial charge in [0.2, 0.25) is 0 Å². The van der Waals surface area contributed by atoms with Gasteiger partial charge in [-0.25, -0.2) is 0 Å². The van der Waals surface area contributed by atoms with Crippen LogP contribution in [0.5, 0.6) is 0 Å². The lowest BCUT2D eigenvalue weighted by Crippen LogP contribution is -1.77. The normalized spacial score (nSPS) is 10.7. The summed E-state index contributed by atoms with van der Waals surface area (Å²) in [7, 11) is 0. The van der Waals surface area contributed by atoms with Gasteiger partial charge in [-0.1, -0.05) is 0 Å². The van der Waals surface area contributed by atoms with E-state index < -0.39 is 0 Å². The van der Waals surface area contributed by atoms with Crippen molar-refractivity contribution in [3.8, 4) is 0 Å². The Bertz CT molecular complexity index is 362. The maximum absolute atomic E-state index is 4.24. The van der Waals surface area contributed by atoms with Gasteiger partial charge in [0.25, 0.3) is 0 Å². The average Bonchev–Trinajstić information content (AvgIpc) is 2.30. The zero-order valence-electron chi connectivity index (χ0n) is 5.21. The summed E-state index contributed by atoms with van der Waals surface area (Å²) >= 11 is 6.31. The van der Waals surface area contributed by atoms with Gasteiger partial charge in [-0.3, -0.25) is 9.97 Å². The number of fused-ring (bicyclic) bond motifs is 1. The summed E-state index contributed by atoms with van der Waals surface area (Å²) in [4.78, 5) is 8.47. The number of nitrogens with zero attached hydrogens (tertiary/aromatic N) is 2. The first kappa shape index (κ1) is 8.11. The van der Waals surface area contributed by atoms with Gasteiger partial charge in [-0.15, -0.1) is 11.3 Å². The minimum atomic E-state index is 1.03. The standard InChI is InChI=1S/C6H2I2N2S/c7-5-3-4(6(8)11-5)10-2-1-9-3/h1-2H. The summed E-state index contributed by atoms with van der Waals surface area (Å²) in [6, 6.07) is 0. The van der Waals surface area contributed by atoms with Crippen molar-refractivity contribution >= 4 is 67.6 Å². The molecule has 11 heavy (non-hydrogen) atoms. The van der Waals surface area contributed by atoms with E-state index in [2.05, 4.69) is 55.1 Å². The van der Waals surface area contributed by atoms with Crippen LogP contribution in [0.15, 0.2) is 12.4 Å². The number of halogens is 2. The molecule has 0 spiro atoms. The van der Waals surface area contributed by atoms with Crippen LogP contribution in [-0.4, -0.2) is 9.97 Å². The van der Waals surface area contributed by atoms with Gasteiger partial charge in [0.15, 0.2) is 0 Å². The first-order valence-electron chi connectivity index (χ1n) is 2.83. The Labute approximate surface area is 94.7 Å². The lowest BCUT2D eigenvalue weighted by Gasteiger charge is -1.85. The molecule has 2 aromatic heterocycles. The minimum Gasteiger partial charge on any atom is -0.251 e. The third kappa shape index (κ3) is 1.37. The molecule has 2 heterocycles. The molecule has 0 fully saturated rings. The zero-order chi connectivity index (χ0) is 7.84. The lowest BCUT2D eigenvalue weighted by molar-refractivity contribution is 1.30. The Morgan fingerprint density at radius 1 is 1.00 bits per heavy atom. The summed E-state index contributed by atoms with van der Waals surface area (Å²) in [6.45, 7) is 0. The molecule has 0 N–H and O–H groups in total. The van der Waals surface area contributed by atoms with E-state index in [0.717, 1.165) is 11.0 Å². The second-order valence-corrected chi connectivity index (χ2v) is 6.55. The van der Waals surface area contributed by atoms with Crippen LogP contribution in [0.2, 0.25) is 0 Å². The van der Waals surface area contributed by atoms with E-state index in [0.29, 0.717) is 0 Å². The molecule has 2 aromatic rings. The van der Waals surface area contributed by atoms with E-state index >= 15 is 0 Å². The van der Waals surface area contributed by atoms with Crippen molar-refractivity contribution in [3.63, 3.8) is 0 Å². The van der Waals surface area contributed by atoms with Crippen molar-refractivity contribution in [1.29, 1.82) is 0 Å². The van der Waals surface area contributed by atoms with Crippen LogP contribution in [0.1, 0.15) is 0 Å². The first-order chi connectivity index (χ1) is 5.29. The fraction of sp³-hybridized carbons (Fsp3) is 0. The average molecular weight is 388 g/mol. The van der Waals surface area contributed by atoms with Gasteiger partial charge in [-0.2, -0.15) is 0 Å². The fourth-order valence-electron chi connectivity index (χ4n) is 0.801. The van der Waals surface area contributed by atoms with Gasteiger partial charge in [0.1, 0.15) is 11.0 Å². The predicted octanol–water partition coefficient (Wildman–Crippen LogP) is 2.90. The Hall–Kier alpha value is 0.500. The summed E-state index contributed by atoms with van der Waals surface area (Å²) in [5.74, 6) is 0. The quantitative estimate of drug-likeness (QED) is 0.649. The smallest absolute Gasteiger partial charge is 0.114 e. The molecule has 0 atom stereocenters. The van der Waals surface area contributed by atoms with Crippen molar-refractivity contribution in [2.24, 2.45) is 0 Å². The minimum absolute atomic E-state index is 1.03. The number of rotatable bonds is 0. The zero-order valence-corrected chi connectivity index (χ0v) is 10.3. The lowest BCUT2D eigenvalue weighted by atomic mass is 10.5. The molecule has 0 aliphatic rings. The van der Waals surface area contributed by atoms with Crippen LogP contribution in [0.4, 0.5) is 0 Å². The third-order valence-electron chi connectivity index (χ3n) is 1.25. The van der Waals surface area contributed by atoms with Crippen LogP contribution in [0, 0.1) is 5.77 Å². The molecule has 0 aromatic carbocycles. The molecule has 0 bridgehead atoms. The molecule has 2 nitrogen and oxygen atoms in total. The Morgan fingerprint density at radius 2 is 1.45 bits per heavy atom. The molecule has 2 rings (SSSR count). The number of hydrogen-bond donors (Lipinski definition) is 0. The molecule has 0 saturated carbocycles. The molecule has 0 unspecified atom stereocenters. The van der Waals surface area contributed by atoms with Crippen LogP contribution < -0.4 is 0 Å². The second kappa shape index (κ2) is 3.09. The monoisotopic (exact) mass is 388 g/mol. The van der Waals surface area contributed by atoms with Crippen molar-refractivity contribution in [2.45, 2.75) is 0 Å². The molecular weight excluding hydrogens is 386 g/mol. The summed E-state index contributed by atoms with van der Waals surface area (Å²) in [5.41, 5.74) is 2.06. The first-order valence-corrected chi connectivity index (χ1v) is 5.81. The highest BCUT2D eigenvalue weighted by Gasteiger charge is 2.07. The largest absolute Gasteiger partial charge is 0.251 e. The Kier molecular flexibility index (Phi) is 2.28. The Balaban J connectivity index is 2.95. The summed E-state index contributed by atoms with van der Waals surface area (Å²) in [6.07, 6.45) is 3.46. The van der Waals surface area contributed by atoms with E-state index in [9.17, 15) is 0 Å². The number of aromatic nitrogens is 2. The maximum Gasteiger partial charge on any atom is 0.114 e. The van der Waals surface area contributed by atoms with Crippen LogP contribution in [0.25, 0.3) is 11.0 Å². The number of hydrogen-bond acceptors (Lipinski definition) is 3. The van der Waals surface area contributed by atoms with Crippen LogP contribution in [0.3, 0.4) is 0 Å². The second-order valence-electron chi connectivity index (χ2n) is 1.90. The van der Waals surface area contributed by atoms with E-state index in [4.69, 9.17) is 0 Å². The molecule has 0 aliphatic carbocycles. The van der Waals surface area contributed by atoms with Gasteiger partial charge < -0.3 is 0 Å². The molecule has 0 radical (unpaired) electrons. The molecule has 0 saturated heterocycles. The molecule has 5 heteroatoms. The molecular formula is C6H2I2N2S. The van der Waals surface area contributed by atoms with Crippen molar-refractivity contribution in [3.05, 3.63) is 18.2 Å². The van der Waals surface area contributed by atoms with E-state index in [1.807, 2.05) is 0 Å². The molecule has 0 amide bonds. The van der Waals surface area contributed by atoms with Crippen LogP contribution in [-0.2, 0) is 0 Å². The van der Waals surface area contributed by atoms with E-state index in [1.54, 1.807) is 23.7 Å². The van der Waals surface area contributed by atoms with Gasteiger partial charge in [-0.05, 0) is 45.2 Å². The molecule has 0 aliphatic heterocycles. The highest BCUT2D eigenvalue weighted by atomic mass is 127. The summed E-state index contributed by atoms with van der Waals surface area (Å²) in [5, 5.41) is 0. The fourth-order valence-corrected chi connectivity index (χ4v) is 4.83. The molecule has 56 valence electrons. The number of thiophene rings is 1. The van der Waals surface area contributed by atoms with Crippen molar-refractivity contribution in [1.82, 2.24) is 9.97 Å². The van der Waals surface area contributed by atoms with E-state index in [1.165, 1.54) is 5.77 Å². The third-order valence-corrected chi connectivity index (χ3v) is 4.34. The Morgan fingerprint density at radius 3 is 1.91 bits per heavy atom. The van der Waals surface area contributed by atoms with Crippen molar-refractivity contribution < 1.29 is 0 Å².